The molecule has 4 aromatic rings. The fraction of sp³-hybridized carbons (Fsp3) is 0.111. The highest BCUT2D eigenvalue weighted by atomic mass is 16.5. The molecule has 3 aromatic carbocycles. The number of nitrogens with one attached hydrogen (secondary N) is 1. The van der Waals surface area contributed by atoms with E-state index >= 15 is 0 Å². The molecule has 0 aliphatic heterocycles. The molecule has 0 aliphatic rings. The fourth-order valence-corrected chi connectivity index (χ4v) is 3.99. The van der Waals surface area contributed by atoms with Gasteiger partial charge in [0.05, 0.1) is 18.8 Å². The van der Waals surface area contributed by atoms with Gasteiger partial charge in [-0.05, 0) is 64.6 Å². The summed E-state index contributed by atoms with van der Waals surface area (Å²) in [5.74, 6) is -0.265. The molecular weight excluding hydrogens is 414 g/mol. The summed E-state index contributed by atoms with van der Waals surface area (Å²) < 4.78 is 5.33. The third-order valence-corrected chi connectivity index (χ3v) is 5.59. The molecule has 0 radical (unpaired) electrons. The SMILES string of the molecule is CC/C(=C(/c1ccc(/C=C/C(=O)O)cc1)c1ccc2[nH]ncc2c1)c1ccc(OC)cc1N. The number of aromatic amines is 1. The second-order valence-corrected chi connectivity index (χ2v) is 7.63. The molecule has 6 heteroatoms. The fourth-order valence-electron chi connectivity index (χ4n) is 3.99. The molecule has 1 aromatic heterocycles. The summed E-state index contributed by atoms with van der Waals surface area (Å²) in [7, 11) is 1.62. The topological polar surface area (TPSA) is 101 Å². The number of nitrogens with zero attached hydrogens (tertiary/aromatic N) is 1. The van der Waals surface area contributed by atoms with Gasteiger partial charge in [-0.15, -0.1) is 0 Å². The molecule has 4 rings (SSSR count). The number of methoxy groups -OCH3 is 1. The lowest BCUT2D eigenvalue weighted by molar-refractivity contribution is -0.131. The van der Waals surface area contributed by atoms with E-state index in [1.807, 2.05) is 54.7 Å². The minimum atomic E-state index is -0.976. The van der Waals surface area contributed by atoms with Crippen LogP contribution in [0.25, 0.3) is 28.1 Å². The number of hydrogen-bond acceptors (Lipinski definition) is 4. The summed E-state index contributed by atoms with van der Waals surface area (Å²) in [6, 6.07) is 19.8. The average molecular weight is 440 g/mol. The van der Waals surface area contributed by atoms with Gasteiger partial charge in [-0.3, -0.25) is 5.10 Å². The Hall–Kier alpha value is -4.32. The standard InChI is InChI=1S/C27H25N3O3/c1-3-22(23-11-10-21(33-2)15-24(23)28)27(19-9-12-25-20(14-19)16-29-30-25)18-7-4-17(5-8-18)6-13-26(31)32/h4-16H,3,28H2,1-2H3,(H,29,30)(H,31,32)/b13-6+,27-22+. The molecule has 4 N–H and O–H groups in total. The number of allylic oxidation sites excluding steroid dienone is 1. The number of anilines is 1. The summed E-state index contributed by atoms with van der Waals surface area (Å²) in [5, 5.41) is 17.1. The van der Waals surface area contributed by atoms with E-state index in [0.717, 1.165) is 56.8 Å². The zero-order valence-corrected chi connectivity index (χ0v) is 18.5. The maximum Gasteiger partial charge on any atom is 0.328 e. The van der Waals surface area contributed by atoms with Crippen LogP contribution in [0.5, 0.6) is 5.75 Å². The van der Waals surface area contributed by atoms with Crippen LogP contribution in [0.3, 0.4) is 0 Å². The minimum absolute atomic E-state index is 0.647. The number of rotatable bonds is 7. The number of nitrogen functional groups attached to an aromatic ring is 1. The van der Waals surface area contributed by atoms with E-state index in [4.69, 9.17) is 15.6 Å². The number of nitrogens with two attached hydrogens (primary N) is 1. The van der Waals surface area contributed by atoms with Crippen molar-refractivity contribution >= 4 is 39.8 Å². The Kier molecular flexibility index (Phi) is 6.26. The monoisotopic (exact) mass is 439 g/mol. The third-order valence-electron chi connectivity index (χ3n) is 5.59. The zero-order chi connectivity index (χ0) is 23.4. The first-order valence-electron chi connectivity index (χ1n) is 10.6. The van der Waals surface area contributed by atoms with Gasteiger partial charge in [0.1, 0.15) is 5.75 Å². The van der Waals surface area contributed by atoms with Gasteiger partial charge in [0.2, 0.25) is 0 Å². The van der Waals surface area contributed by atoms with Crippen LogP contribution in [0.15, 0.2) is 72.9 Å². The van der Waals surface area contributed by atoms with Crippen molar-refractivity contribution in [2.75, 3.05) is 12.8 Å². The second kappa shape index (κ2) is 9.44. The largest absolute Gasteiger partial charge is 0.497 e. The van der Waals surface area contributed by atoms with Gasteiger partial charge in [0.15, 0.2) is 0 Å². The highest BCUT2D eigenvalue weighted by Crippen LogP contribution is 2.38. The van der Waals surface area contributed by atoms with Crippen molar-refractivity contribution in [1.82, 2.24) is 10.2 Å². The smallest absolute Gasteiger partial charge is 0.328 e. The van der Waals surface area contributed by atoms with Crippen molar-refractivity contribution in [2.24, 2.45) is 0 Å². The first-order chi connectivity index (χ1) is 16.0. The quantitative estimate of drug-likeness (QED) is 0.197. The van der Waals surface area contributed by atoms with Gasteiger partial charge in [-0.2, -0.15) is 5.10 Å². The van der Waals surface area contributed by atoms with Crippen molar-refractivity contribution in [3.8, 4) is 5.75 Å². The number of hydrogen-bond donors (Lipinski definition) is 3. The molecule has 0 saturated heterocycles. The van der Waals surface area contributed by atoms with E-state index < -0.39 is 5.97 Å². The molecule has 0 unspecified atom stereocenters. The molecule has 0 bridgehead atoms. The summed E-state index contributed by atoms with van der Waals surface area (Å²) in [6.45, 7) is 2.11. The summed E-state index contributed by atoms with van der Waals surface area (Å²) in [6.07, 6.45) is 5.28. The molecule has 166 valence electrons. The molecule has 1 heterocycles. The number of carbonyl (C=O) groups is 1. The van der Waals surface area contributed by atoms with E-state index in [1.54, 1.807) is 13.2 Å². The molecule has 0 spiro atoms. The van der Waals surface area contributed by atoms with Gasteiger partial charge in [-0.25, -0.2) is 4.79 Å². The van der Waals surface area contributed by atoms with E-state index in [2.05, 4.69) is 29.3 Å². The first-order valence-corrected chi connectivity index (χ1v) is 10.6. The molecule has 6 nitrogen and oxygen atoms in total. The van der Waals surface area contributed by atoms with Crippen molar-refractivity contribution < 1.29 is 14.6 Å². The minimum Gasteiger partial charge on any atom is -0.497 e. The molecule has 0 amide bonds. The van der Waals surface area contributed by atoms with Gasteiger partial charge in [0, 0.05) is 28.8 Å². The zero-order valence-electron chi connectivity index (χ0n) is 18.5. The van der Waals surface area contributed by atoms with Crippen LogP contribution in [0.1, 0.15) is 35.6 Å². The van der Waals surface area contributed by atoms with Crippen LogP contribution in [0, 0.1) is 0 Å². The maximum atomic E-state index is 10.9. The van der Waals surface area contributed by atoms with Gasteiger partial charge in [0.25, 0.3) is 0 Å². The lowest BCUT2D eigenvalue weighted by Crippen LogP contribution is -1.99. The number of benzene rings is 3. The van der Waals surface area contributed by atoms with Gasteiger partial charge < -0.3 is 15.6 Å². The predicted molar refractivity (Wildman–Crippen MR) is 133 cm³/mol. The van der Waals surface area contributed by atoms with Gasteiger partial charge >= 0.3 is 5.97 Å². The van der Waals surface area contributed by atoms with Crippen molar-refractivity contribution in [3.63, 3.8) is 0 Å². The number of fused-ring (bicyclic) bond motifs is 1. The lowest BCUT2D eigenvalue weighted by Gasteiger charge is -2.18. The number of carboxylic acid groups (broad SMARTS) is 1. The van der Waals surface area contributed by atoms with Crippen molar-refractivity contribution in [3.05, 3.63) is 95.2 Å². The van der Waals surface area contributed by atoms with Crippen molar-refractivity contribution in [1.29, 1.82) is 0 Å². The summed E-state index contributed by atoms with van der Waals surface area (Å²) >= 11 is 0. The molecule has 0 aliphatic carbocycles. The normalized spacial score (nSPS) is 12.2. The van der Waals surface area contributed by atoms with Crippen LogP contribution >= 0.6 is 0 Å². The number of aromatic nitrogens is 2. The van der Waals surface area contributed by atoms with E-state index in [-0.39, 0.29) is 0 Å². The van der Waals surface area contributed by atoms with Crippen LogP contribution in [0.4, 0.5) is 5.69 Å². The number of ether oxygens (including phenoxy) is 1. The van der Waals surface area contributed by atoms with E-state index in [0.29, 0.717) is 11.4 Å². The first kappa shape index (κ1) is 21.9. The van der Waals surface area contributed by atoms with Gasteiger partial charge in [-0.1, -0.05) is 37.3 Å². The number of carboxylic acids is 1. The average Bonchev–Trinajstić information content (AvgIpc) is 3.30. The molecule has 0 atom stereocenters. The molecule has 0 fully saturated rings. The van der Waals surface area contributed by atoms with Crippen LogP contribution < -0.4 is 10.5 Å². The Labute approximate surface area is 192 Å². The lowest BCUT2D eigenvalue weighted by atomic mass is 9.87. The van der Waals surface area contributed by atoms with Crippen LogP contribution in [-0.4, -0.2) is 28.4 Å². The molecular formula is C27H25N3O3. The molecule has 0 saturated carbocycles. The van der Waals surface area contributed by atoms with E-state index in [9.17, 15) is 4.79 Å². The van der Waals surface area contributed by atoms with E-state index in [1.165, 1.54) is 0 Å². The highest BCUT2D eigenvalue weighted by Gasteiger charge is 2.16. The van der Waals surface area contributed by atoms with Crippen molar-refractivity contribution in [2.45, 2.75) is 13.3 Å². The Balaban J connectivity index is 1.92. The Bertz CT molecular complexity index is 1370. The summed E-state index contributed by atoms with van der Waals surface area (Å²) in [5.41, 5.74) is 14.0. The third kappa shape index (κ3) is 4.65. The predicted octanol–water partition coefficient (Wildman–Crippen LogP) is 5.62. The Morgan fingerprint density at radius 2 is 1.85 bits per heavy atom. The Morgan fingerprint density at radius 1 is 1.09 bits per heavy atom. The number of H-pyrrole nitrogens is 1. The second-order valence-electron chi connectivity index (χ2n) is 7.63. The van der Waals surface area contributed by atoms with Crippen LogP contribution in [0.2, 0.25) is 0 Å². The summed E-state index contributed by atoms with van der Waals surface area (Å²) in [4.78, 5) is 10.9. The molecule has 33 heavy (non-hydrogen) atoms. The Morgan fingerprint density at radius 3 is 2.52 bits per heavy atom. The number of aliphatic carboxylic acids is 1. The van der Waals surface area contributed by atoms with Crippen LogP contribution in [-0.2, 0) is 4.79 Å². The highest BCUT2D eigenvalue weighted by molar-refractivity contribution is 6.02. The maximum absolute atomic E-state index is 10.9.